The second-order valence-electron chi connectivity index (χ2n) is 7.68. The van der Waals surface area contributed by atoms with Crippen molar-refractivity contribution in [1.29, 1.82) is 0 Å². The number of rotatable bonds is 8. The molecule has 0 amide bonds. The summed E-state index contributed by atoms with van der Waals surface area (Å²) in [4.78, 5) is 33.9. The third-order valence-corrected chi connectivity index (χ3v) is 4.79. The van der Waals surface area contributed by atoms with Crippen LogP contribution in [0.1, 0.15) is 47.8 Å². The minimum absolute atomic E-state index is 0.0255. The van der Waals surface area contributed by atoms with Crippen LogP contribution in [-0.2, 0) is 19.1 Å². The summed E-state index contributed by atoms with van der Waals surface area (Å²) in [6, 6.07) is 9.46. The van der Waals surface area contributed by atoms with E-state index in [9.17, 15) is 14.4 Å². The van der Waals surface area contributed by atoms with Gasteiger partial charge in [-0.15, -0.1) is 0 Å². The molecule has 0 N–H and O–H groups in total. The minimum atomic E-state index is -1.10. The fourth-order valence-electron chi connectivity index (χ4n) is 3.42. The first-order chi connectivity index (χ1) is 14.1. The molecule has 0 saturated heterocycles. The van der Waals surface area contributed by atoms with E-state index in [1.165, 1.54) is 13.8 Å². The molecule has 30 heavy (non-hydrogen) atoms. The largest absolute Gasteiger partial charge is 0.489 e. The molecule has 1 unspecified atom stereocenters. The molecule has 0 fully saturated rings. The molecule has 0 heterocycles. The molecule has 0 aliphatic carbocycles. The van der Waals surface area contributed by atoms with Gasteiger partial charge in [-0.2, -0.15) is 0 Å². The van der Waals surface area contributed by atoms with Gasteiger partial charge in [0.05, 0.1) is 0 Å². The van der Waals surface area contributed by atoms with Gasteiger partial charge in [0.15, 0.2) is 5.60 Å². The third-order valence-electron chi connectivity index (χ3n) is 4.79. The van der Waals surface area contributed by atoms with Crippen LogP contribution in [0.3, 0.4) is 0 Å². The molecule has 2 aromatic rings. The number of benzene rings is 2. The number of aldehydes is 1. The maximum absolute atomic E-state index is 11.5. The highest BCUT2D eigenvalue weighted by molar-refractivity contribution is 5.84. The summed E-state index contributed by atoms with van der Waals surface area (Å²) in [6.07, 6.45) is 0.861. The van der Waals surface area contributed by atoms with Gasteiger partial charge in [0.25, 0.3) is 0 Å². The lowest BCUT2D eigenvalue weighted by Gasteiger charge is -2.28. The average molecular weight is 412 g/mol. The molecular weight excluding hydrogens is 384 g/mol. The van der Waals surface area contributed by atoms with Gasteiger partial charge in [-0.1, -0.05) is 18.2 Å². The second-order valence-corrected chi connectivity index (χ2v) is 7.68. The second kappa shape index (κ2) is 9.57. The molecule has 160 valence electrons. The lowest BCUT2D eigenvalue weighted by Crippen LogP contribution is -2.42. The summed E-state index contributed by atoms with van der Waals surface area (Å²) in [5.41, 5.74) is 4.51. The Kier molecular flexibility index (Phi) is 7.38. The molecule has 0 radical (unpaired) electrons. The molecule has 0 bridgehead atoms. The lowest BCUT2D eigenvalue weighted by molar-refractivity contribution is -0.171. The molecule has 6 heteroatoms. The fourth-order valence-corrected chi connectivity index (χ4v) is 3.42. The quantitative estimate of drug-likeness (QED) is 0.474. The van der Waals surface area contributed by atoms with Gasteiger partial charge >= 0.3 is 11.9 Å². The van der Waals surface area contributed by atoms with Crippen LogP contribution in [-0.4, -0.2) is 37.0 Å². The van der Waals surface area contributed by atoms with Crippen LogP contribution in [0.15, 0.2) is 30.3 Å². The summed E-state index contributed by atoms with van der Waals surface area (Å²) in [7, 11) is 0. The van der Waals surface area contributed by atoms with E-state index in [-0.39, 0.29) is 13.2 Å². The van der Waals surface area contributed by atoms with E-state index in [0.717, 1.165) is 34.1 Å². The fraction of sp³-hybridized carbons (Fsp3) is 0.375. The molecule has 1 atom stereocenters. The van der Waals surface area contributed by atoms with Gasteiger partial charge < -0.3 is 14.2 Å². The van der Waals surface area contributed by atoms with E-state index in [1.54, 1.807) is 13.0 Å². The molecular formula is C24H28O6. The first kappa shape index (κ1) is 23.1. The van der Waals surface area contributed by atoms with Gasteiger partial charge in [-0.3, -0.25) is 14.4 Å². The number of aryl methyl sites for hydroxylation is 2. The lowest BCUT2D eigenvalue weighted by atomic mass is 9.90. The molecule has 0 aliphatic rings. The van der Waals surface area contributed by atoms with Crippen molar-refractivity contribution in [3.63, 3.8) is 0 Å². The Bertz CT molecular complexity index is 939. The van der Waals surface area contributed by atoms with Gasteiger partial charge in [-0.25, -0.2) is 0 Å². The predicted octanol–water partition coefficient (Wildman–Crippen LogP) is 4.36. The monoisotopic (exact) mass is 412 g/mol. The number of hydrogen-bond acceptors (Lipinski definition) is 6. The zero-order valence-electron chi connectivity index (χ0n) is 18.3. The van der Waals surface area contributed by atoms with Crippen molar-refractivity contribution >= 4 is 18.2 Å². The standard InChI is InChI=1S/C24H28O6/c1-15-10-21(29-14-24(6,30-19(5)27)13-28-18(4)26)11-16(2)23(15)22-9-7-8-20(12-25)17(22)3/h7-12H,13-14H2,1-6H3. The van der Waals surface area contributed by atoms with Crippen LogP contribution in [0.5, 0.6) is 5.75 Å². The highest BCUT2D eigenvalue weighted by Crippen LogP contribution is 2.34. The van der Waals surface area contributed by atoms with Crippen molar-refractivity contribution in [3.8, 4) is 16.9 Å². The molecule has 2 aromatic carbocycles. The zero-order chi connectivity index (χ0) is 22.5. The van der Waals surface area contributed by atoms with E-state index in [0.29, 0.717) is 11.3 Å². The highest BCUT2D eigenvalue weighted by Gasteiger charge is 2.31. The van der Waals surface area contributed by atoms with E-state index < -0.39 is 17.5 Å². The van der Waals surface area contributed by atoms with E-state index in [4.69, 9.17) is 14.2 Å². The van der Waals surface area contributed by atoms with Crippen LogP contribution in [0.25, 0.3) is 11.1 Å². The Balaban J connectivity index is 2.29. The highest BCUT2D eigenvalue weighted by atomic mass is 16.6. The SMILES string of the molecule is CC(=O)OCC(C)(COc1cc(C)c(-c2cccc(C=O)c2C)c(C)c1)OC(C)=O. The van der Waals surface area contributed by atoms with E-state index in [1.807, 2.05) is 45.0 Å². The summed E-state index contributed by atoms with van der Waals surface area (Å²) in [5, 5.41) is 0. The Labute approximate surface area is 177 Å². The van der Waals surface area contributed by atoms with Crippen molar-refractivity contribution in [3.05, 3.63) is 52.6 Å². The van der Waals surface area contributed by atoms with Gasteiger partial charge in [0, 0.05) is 19.4 Å². The smallest absolute Gasteiger partial charge is 0.303 e. The topological polar surface area (TPSA) is 78.9 Å². The van der Waals surface area contributed by atoms with Gasteiger partial charge in [-0.05, 0) is 67.6 Å². The maximum atomic E-state index is 11.5. The average Bonchev–Trinajstić information content (AvgIpc) is 2.65. The van der Waals surface area contributed by atoms with Crippen molar-refractivity contribution in [2.45, 2.75) is 47.1 Å². The molecule has 6 nitrogen and oxygen atoms in total. The molecule has 2 rings (SSSR count). The molecule has 0 aromatic heterocycles. The summed E-state index contributed by atoms with van der Waals surface area (Å²) in [6.45, 7) is 10.1. The van der Waals surface area contributed by atoms with Crippen LogP contribution in [0.2, 0.25) is 0 Å². The van der Waals surface area contributed by atoms with Crippen LogP contribution in [0, 0.1) is 20.8 Å². The summed E-state index contributed by atoms with van der Waals surface area (Å²) >= 11 is 0. The molecule has 0 saturated carbocycles. The van der Waals surface area contributed by atoms with Crippen molar-refractivity contribution in [1.82, 2.24) is 0 Å². The maximum Gasteiger partial charge on any atom is 0.303 e. The summed E-state index contributed by atoms with van der Waals surface area (Å²) in [5.74, 6) is -0.335. The number of esters is 2. The van der Waals surface area contributed by atoms with Crippen molar-refractivity contribution < 1.29 is 28.6 Å². The summed E-state index contributed by atoms with van der Waals surface area (Å²) < 4.78 is 16.3. The van der Waals surface area contributed by atoms with Crippen LogP contribution in [0.4, 0.5) is 0 Å². The zero-order valence-corrected chi connectivity index (χ0v) is 18.3. The number of ether oxygens (including phenoxy) is 3. The Hall–Kier alpha value is -3.15. The first-order valence-electron chi connectivity index (χ1n) is 9.68. The van der Waals surface area contributed by atoms with Gasteiger partial charge in [0.1, 0.15) is 25.2 Å². The van der Waals surface area contributed by atoms with Crippen molar-refractivity contribution in [2.24, 2.45) is 0 Å². The van der Waals surface area contributed by atoms with E-state index in [2.05, 4.69) is 0 Å². The van der Waals surface area contributed by atoms with E-state index >= 15 is 0 Å². The third kappa shape index (κ3) is 5.69. The predicted molar refractivity (Wildman–Crippen MR) is 114 cm³/mol. The number of carbonyl (C=O) groups excluding carboxylic acids is 3. The minimum Gasteiger partial charge on any atom is -0.489 e. The Morgan fingerprint density at radius 1 is 1.00 bits per heavy atom. The number of hydrogen-bond donors (Lipinski definition) is 0. The first-order valence-corrected chi connectivity index (χ1v) is 9.68. The van der Waals surface area contributed by atoms with Gasteiger partial charge in [0.2, 0.25) is 0 Å². The normalized spacial score (nSPS) is 12.6. The van der Waals surface area contributed by atoms with Crippen LogP contribution < -0.4 is 4.74 Å². The van der Waals surface area contributed by atoms with Crippen molar-refractivity contribution in [2.75, 3.05) is 13.2 Å². The van der Waals surface area contributed by atoms with Crippen LogP contribution >= 0.6 is 0 Å². The number of carbonyl (C=O) groups is 3. The molecule has 0 aliphatic heterocycles. The Morgan fingerprint density at radius 2 is 1.63 bits per heavy atom. The Morgan fingerprint density at radius 3 is 2.17 bits per heavy atom. The molecule has 0 spiro atoms.